The molecule has 2 saturated heterocycles. The second-order valence-electron chi connectivity index (χ2n) is 9.70. The second kappa shape index (κ2) is 9.94. The monoisotopic (exact) mass is 485 g/mol. The molecule has 7 nitrogen and oxygen atoms in total. The first kappa shape index (κ1) is 24.5. The zero-order valence-corrected chi connectivity index (χ0v) is 20.6. The molecule has 0 radical (unpaired) electrons. The number of carboxylic acid groups (broad SMARTS) is 1. The molecule has 2 aromatic rings. The number of fused-ring (bicyclic) bond motifs is 1. The highest BCUT2D eigenvalue weighted by molar-refractivity contribution is 6.31. The predicted molar refractivity (Wildman–Crippen MR) is 133 cm³/mol. The lowest BCUT2D eigenvalue weighted by Crippen LogP contribution is -2.43. The van der Waals surface area contributed by atoms with Gasteiger partial charge >= 0.3 is 6.09 Å². The van der Waals surface area contributed by atoms with Crippen LogP contribution in [0.15, 0.2) is 36.4 Å². The minimum absolute atomic E-state index is 0.0300. The van der Waals surface area contributed by atoms with Crippen LogP contribution in [-0.4, -0.2) is 77.4 Å². The van der Waals surface area contributed by atoms with Gasteiger partial charge in [0.1, 0.15) is 0 Å². The standard InChI is InChI=1S/C26H32ClN3O4/c1-16-7-8-21(9-23(16)27)30(26(33)34)15-22(31)14-28-10-19-12-29(13-20(19)11-28)25(32)24-17(2)5-4-6-18(24)3/h4-9,19-20,22,31H,10-15H2,1-3H3,(H,33,34). The maximum atomic E-state index is 13.1. The molecular formula is C26H32ClN3O4. The van der Waals surface area contributed by atoms with E-state index in [-0.39, 0.29) is 12.5 Å². The van der Waals surface area contributed by atoms with Gasteiger partial charge in [0.05, 0.1) is 12.6 Å². The third kappa shape index (κ3) is 5.06. The van der Waals surface area contributed by atoms with Crippen LogP contribution >= 0.6 is 11.6 Å². The molecule has 2 amide bonds. The lowest BCUT2D eigenvalue weighted by atomic mass is 10.0. The summed E-state index contributed by atoms with van der Waals surface area (Å²) in [4.78, 5) is 30.2. The molecule has 0 aromatic heterocycles. The van der Waals surface area contributed by atoms with Gasteiger partial charge in [0.25, 0.3) is 5.91 Å². The van der Waals surface area contributed by atoms with Crippen LogP contribution in [0, 0.1) is 32.6 Å². The first-order valence-electron chi connectivity index (χ1n) is 11.7. The first-order valence-corrected chi connectivity index (χ1v) is 12.0. The van der Waals surface area contributed by atoms with Gasteiger partial charge in [0.15, 0.2) is 0 Å². The van der Waals surface area contributed by atoms with Crippen LogP contribution in [0.3, 0.4) is 0 Å². The van der Waals surface area contributed by atoms with Gasteiger partial charge in [-0.25, -0.2) is 4.79 Å². The average molecular weight is 486 g/mol. The van der Waals surface area contributed by atoms with Crippen molar-refractivity contribution in [2.45, 2.75) is 26.9 Å². The normalized spacial score (nSPS) is 20.9. The summed E-state index contributed by atoms with van der Waals surface area (Å²) in [6.07, 6.45) is -1.96. The molecule has 2 fully saturated rings. The van der Waals surface area contributed by atoms with Crippen LogP contribution < -0.4 is 4.90 Å². The second-order valence-corrected chi connectivity index (χ2v) is 10.1. The Morgan fingerprint density at radius 3 is 2.21 bits per heavy atom. The highest BCUT2D eigenvalue weighted by Crippen LogP contribution is 2.33. The molecular weight excluding hydrogens is 454 g/mol. The molecule has 0 aliphatic carbocycles. The van der Waals surface area contributed by atoms with Crippen LogP contribution in [0.4, 0.5) is 10.5 Å². The van der Waals surface area contributed by atoms with Crippen molar-refractivity contribution in [3.63, 3.8) is 0 Å². The van der Waals surface area contributed by atoms with Gasteiger partial charge in [-0.3, -0.25) is 14.6 Å². The number of carbonyl (C=O) groups is 2. The molecule has 182 valence electrons. The third-order valence-corrected chi connectivity index (χ3v) is 7.51. The molecule has 4 rings (SSSR count). The van der Waals surface area contributed by atoms with E-state index in [1.54, 1.807) is 18.2 Å². The van der Waals surface area contributed by atoms with Crippen LogP contribution in [0.2, 0.25) is 5.02 Å². The molecule has 0 spiro atoms. The van der Waals surface area contributed by atoms with Crippen LogP contribution in [0.25, 0.3) is 0 Å². The van der Waals surface area contributed by atoms with Crippen molar-refractivity contribution in [1.82, 2.24) is 9.80 Å². The lowest BCUT2D eigenvalue weighted by molar-refractivity contribution is 0.0761. The molecule has 2 aliphatic heterocycles. The Labute approximate surface area is 205 Å². The zero-order chi connectivity index (χ0) is 24.6. The summed E-state index contributed by atoms with van der Waals surface area (Å²) in [5.41, 5.74) is 4.13. The van der Waals surface area contributed by atoms with Gasteiger partial charge in [-0.2, -0.15) is 0 Å². The summed E-state index contributed by atoms with van der Waals surface area (Å²) in [7, 11) is 0. The molecule has 3 atom stereocenters. The maximum Gasteiger partial charge on any atom is 0.411 e. The van der Waals surface area contributed by atoms with E-state index in [0.717, 1.165) is 40.2 Å². The number of aliphatic hydroxyl groups is 1. The first-order chi connectivity index (χ1) is 16.1. The zero-order valence-electron chi connectivity index (χ0n) is 19.9. The molecule has 2 N–H and O–H groups in total. The van der Waals surface area contributed by atoms with Gasteiger partial charge in [0.2, 0.25) is 0 Å². The molecule has 0 saturated carbocycles. The Hall–Kier alpha value is -2.61. The van der Waals surface area contributed by atoms with Crippen LogP contribution in [0.1, 0.15) is 27.0 Å². The summed E-state index contributed by atoms with van der Waals surface area (Å²) in [5.74, 6) is 0.837. The molecule has 3 unspecified atom stereocenters. The van der Waals surface area contributed by atoms with E-state index in [1.165, 1.54) is 0 Å². The van der Waals surface area contributed by atoms with Gasteiger partial charge in [-0.15, -0.1) is 0 Å². The van der Waals surface area contributed by atoms with E-state index >= 15 is 0 Å². The number of amides is 2. The Balaban J connectivity index is 1.33. The van der Waals surface area contributed by atoms with Crippen LogP contribution in [0.5, 0.6) is 0 Å². The van der Waals surface area contributed by atoms with E-state index < -0.39 is 12.2 Å². The number of carbonyl (C=O) groups excluding carboxylic acids is 1. The fourth-order valence-electron chi connectivity index (χ4n) is 5.33. The van der Waals surface area contributed by atoms with Crippen LogP contribution in [-0.2, 0) is 0 Å². The van der Waals surface area contributed by atoms with E-state index in [2.05, 4.69) is 4.90 Å². The molecule has 2 heterocycles. The van der Waals surface area contributed by atoms with Crippen molar-refractivity contribution in [2.24, 2.45) is 11.8 Å². The summed E-state index contributed by atoms with van der Waals surface area (Å²) in [6.45, 7) is 9.19. The molecule has 0 bridgehead atoms. The van der Waals surface area contributed by atoms with Gasteiger partial charge in [0, 0.05) is 49.0 Å². The quantitative estimate of drug-likeness (QED) is 0.650. The summed E-state index contributed by atoms with van der Waals surface area (Å²) in [5, 5.41) is 20.8. The van der Waals surface area contributed by atoms with Crippen molar-refractivity contribution in [3.05, 3.63) is 63.7 Å². The number of β-amino-alcohol motifs (C(OH)–C–C–N with tert-alkyl or cyclic N) is 1. The Morgan fingerprint density at radius 1 is 1.03 bits per heavy atom. The summed E-state index contributed by atoms with van der Waals surface area (Å²) in [6, 6.07) is 11.0. The third-order valence-electron chi connectivity index (χ3n) is 7.10. The fourth-order valence-corrected chi connectivity index (χ4v) is 5.50. The number of likely N-dealkylation sites (tertiary alicyclic amines) is 2. The minimum Gasteiger partial charge on any atom is -0.465 e. The number of aliphatic hydroxyl groups excluding tert-OH is 1. The van der Waals surface area contributed by atoms with Gasteiger partial charge < -0.3 is 15.1 Å². The predicted octanol–water partition coefficient (Wildman–Crippen LogP) is 3.81. The van der Waals surface area contributed by atoms with Crippen molar-refractivity contribution in [1.29, 1.82) is 0 Å². The van der Waals surface area contributed by atoms with E-state index in [1.807, 2.05) is 43.9 Å². The van der Waals surface area contributed by atoms with Crippen molar-refractivity contribution < 1.29 is 19.8 Å². The molecule has 34 heavy (non-hydrogen) atoms. The largest absolute Gasteiger partial charge is 0.465 e. The number of rotatable bonds is 6. The number of aryl methyl sites for hydroxylation is 3. The number of halogens is 1. The average Bonchev–Trinajstić information content (AvgIpc) is 3.32. The highest BCUT2D eigenvalue weighted by atomic mass is 35.5. The maximum absolute atomic E-state index is 13.1. The number of hydrogen-bond donors (Lipinski definition) is 2. The van der Waals surface area contributed by atoms with Gasteiger partial charge in [-0.05, 0) is 61.4 Å². The smallest absolute Gasteiger partial charge is 0.411 e. The van der Waals surface area contributed by atoms with Crippen molar-refractivity contribution >= 4 is 29.3 Å². The Morgan fingerprint density at radius 2 is 1.65 bits per heavy atom. The SMILES string of the molecule is Cc1ccc(N(CC(O)CN2CC3CN(C(=O)c4c(C)cccc4C)CC3C2)C(=O)O)cc1Cl. The van der Waals surface area contributed by atoms with Gasteiger partial charge in [-0.1, -0.05) is 35.9 Å². The van der Waals surface area contributed by atoms with Crippen molar-refractivity contribution in [2.75, 3.05) is 44.2 Å². The molecule has 8 heteroatoms. The molecule has 2 aliphatic rings. The van der Waals surface area contributed by atoms with E-state index in [4.69, 9.17) is 11.6 Å². The highest BCUT2D eigenvalue weighted by Gasteiger charge is 2.42. The van der Waals surface area contributed by atoms with Crippen molar-refractivity contribution in [3.8, 4) is 0 Å². The number of nitrogens with zero attached hydrogens (tertiary/aromatic N) is 3. The number of anilines is 1. The Kier molecular flexibility index (Phi) is 7.17. The summed E-state index contributed by atoms with van der Waals surface area (Å²) >= 11 is 6.16. The molecule has 2 aromatic carbocycles. The summed E-state index contributed by atoms with van der Waals surface area (Å²) < 4.78 is 0. The Bertz CT molecular complexity index is 1060. The van der Waals surface area contributed by atoms with E-state index in [0.29, 0.717) is 42.2 Å². The number of benzene rings is 2. The fraction of sp³-hybridized carbons (Fsp3) is 0.462. The number of hydrogen-bond acceptors (Lipinski definition) is 4. The topological polar surface area (TPSA) is 84.3 Å². The minimum atomic E-state index is -1.13. The van der Waals surface area contributed by atoms with E-state index in [9.17, 15) is 19.8 Å². The lowest BCUT2D eigenvalue weighted by Gasteiger charge is -2.27.